The first-order valence-corrected chi connectivity index (χ1v) is 7.74. The Balaban J connectivity index is 2.15. The predicted octanol–water partition coefficient (Wildman–Crippen LogP) is 5.12. The van der Waals surface area contributed by atoms with Crippen LogP contribution in [0.2, 0.25) is 5.02 Å². The topological polar surface area (TPSA) is 26.0 Å². The summed E-state index contributed by atoms with van der Waals surface area (Å²) in [4.78, 5) is 0. The molecule has 1 aromatic rings. The van der Waals surface area contributed by atoms with E-state index in [2.05, 4.69) is 32.9 Å². The first kappa shape index (κ1) is 14.9. The molecular weight excluding hydrogens is 254 g/mol. The number of hydrogen-bond acceptors (Lipinski definition) is 1. The third-order valence-electron chi connectivity index (χ3n) is 4.76. The zero-order valence-electron chi connectivity index (χ0n) is 12.4. The summed E-state index contributed by atoms with van der Waals surface area (Å²) in [6.45, 7) is 7.05. The normalized spacial score (nSPS) is 29.0. The van der Waals surface area contributed by atoms with Crippen molar-refractivity contribution in [2.75, 3.05) is 0 Å². The van der Waals surface area contributed by atoms with Crippen LogP contribution in [0, 0.1) is 11.3 Å². The minimum atomic E-state index is -0.162. The lowest BCUT2D eigenvalue weighted by Crippen LogP contribution is -2.36. The van der Waals surface area contributed by atoms with Gasteiger partial charge in [-0.3, -0.25) is 0 Å². The highest BCUT2D eigenvalue weighted by molar-refractivity contribution is 6.30. The maximum Gasteiger partial charge on any atom is 0.0409 e. The van der Waals surface area contributed by atoms with E-state index in [9.17, 15) is 0 Å². The molecule has 2 rings (SSSR count). The molecule has 1 nitrogen and oxygen atoms in total. The van der Waals surface area contributed by atoms with Crippen LogP contribution in [0.15, 0.2) is 24.3 Å². The van der Waals surface area contributed by atoms with Crippen molar-refractivity contribution in [1.82, 2.24) is 0 Å². The van der Waals surface area contributed by atoms with Gasteiger partial charge in [0.1, 0.15) is 0 Å². The van der Waals surface area contributed by atoms with Gasteiger partial charge in [-0.15, -0.1) is 0 Å². The van der Waals surface area contributed by atoms with Crippen LogP contribution in [-0.4, -0.2) is 0 Å². The van der Waals surface area contributed by atoms with E-state index in [1.165, 1.54) is 24.8 Å². The Hall–Kier alpha value is -0.530. The SMILES string of the molecule is CC(C)(C)C1CCCC(N)(c2ccc(Cl)cc2)CC1. The largest absolute Gasteiger partial charge is 0.321 e. The Bertz CT molecular complexity index is 418. The minimum Gasteiger partial charge on any atom is -0.321 e. The lowest BCUT2D eigenvalue weighted by molar-refractivity contribution is 0.211. The molecule has 0 amide bonds. The first-order valence-electron chi connectivity index (χ1n) is 7.36. The molecule has 0 bridgehead atoms. The number of rotatable bonds is 1. The van der Waals surface area contributed by atoms with Crippen molar-refractivity contribution in [2.24, 2.45) is 17.1 Å². The number of hydrogen-bond donors (Lipinski definition) is 1. The summed E-state index contributed by atoms with van der Waals surface area (Å²) in [5.41, 5.74) is 8.17. The molecule has 106 valence electrons. The second kappa shape index (κ2) is 5.46. The highest BCUT2D eigenvalue weighted by Gasteiger charge is 2.34. The van der Waals surface area contributed by atoms with E-state index in [1.807, 2.05) is 12.1 Å². The van der Waals surface area contributed by atoms with Gasteiger partial charge < -0.3 is 5.73 Å². The van der Waals surface area contributed by atoms with Crippen molar-refractivity contribution < 1.29 is 0 Å². The average Bonchev–Trinajstić information content (AvgIpc) is 2.52. The predicted molar refractivity (Wildman–Crippen MR) is 83.3 cm³/mol. The van der Waals surface area contributed by atoms with Gasteiger partial charge in [0.2, 0.25) is 0 Å². The van der Waals surface area contributed by atoms with Crippen molar-refractivity contribution in [2.45, 2.75) is 58.4 Å². The second-order valence-corrected chi connectivity index (χ2v) is 7.59. The van der Waals surface area contributed by atoms with E-state index in [-0.39, 0.29) is 5.54 Å². The molecule has 1 aliphatic carbocycles. The molecule has 19 heavy (non-hydrogen) atoms. The van der Waals surface area contributed by atoms with Crippen LogP contribution in [0.1, 0.15) is 58.4 Å². The Labute approximate surface area is 122 Å². The molecule has 0 saturated heterocycles. The summed E-state index contributed by atoms with van der Waals surface area (Å²) in [5.74, 6) is 0.783. The summed E-state index contributed by atoms with van der Waals surface area (Å²) >= 11 is 5.97. The van der Waals surface area contributed by atoms with Gasteiger partial charge in [0.05, 0.1) is 0 Å². The van der Waals surface area contributed by atoms with Crippen LogP contribution in [0.3, 0.4) is 0 Å². The molecule has 2 unspecified atom stereocenters. The molecule has 1 aromatic carbocycles. The third-order valence-corrected chi connectivity index (χ3v) is 5.01. The summed E-state index contributed by atoms with van der Waals surface area (Å²) in [6, 6.07) is 8.11. The van der Waals surface area contributed by atoms with Gasteiger partial charge in [0, 0.05) is 10.6 Å². The zero-order valence-corrected chi connectivity index (χ0v) is 13.1. The van der Waals surface area contributed by atoms with Gasteiger partial charge in [0.15, 0.2) is 0 Å². The fourth-order valence-corrected chi connectivity index (χ4v) is 3.43. The monoisotopic (exact) mass is 279 g/mol. The summed E-state index contributed by atoms with van der Waals surface area (Å²) in [5, 5.41) is 0.786. The fourth-order valence-electron chi connectivity index (χ4n) is 3.30. The van der Waals surface area contributed by atoms with E-state index >= 15 is 0 Å². The first-order chi connectivity index (χ1) is 8.81. The molecule has 2 N–H and O–H groups in total. The Morgan fingerprint density at radius 1 is 1.11 bits per heavy atom. The highest BCUT2D eigenvalue weighted by Crippen LogP contribution is 2.42. The van der Waals surface area contributed by atoms with E-state index < -0.39 is 0 Å². The molecular formula is C17H26ClN. The molecule has 0 aliphatic heterocycles. The number of halogens is 1. The quantitative estimate of drug-likeness (QED) is 0.710. The van der Waals surface area contributed by atoms with Crippen molar-refractivity contribution in [3.63, 3.8) is 0 Å². The lowest BCUT2D eigenvalue weighted by atomic mass is 9.75. The summed E-state index contributed by atoms with van der Waals surface area (Å²) in [6.07, 6.45) is 5.91. The van der Waals surface area contributed by atoms with Crippen LogP contribution in [0.5, 0.6) is 0 Å². The molecule has 0 aromatic heterocycles. The van der Waals surface area contributed by atoms with Gasteiger partial charge in [-0.25, -0.2) is 0 Å². The summed E-state index contributed by atoms with van der Waals surface area (Å²) < 4.78 is 0. The molecule has 2 atom stereocenters. The molecule has 0 spiro atoms. The van der Waals surface area contributed by atoms with Gasteiger partial charge in [-0.05, 0) is 54.7 Å². The van der Waals surface area contributed by atoms with Crippen molar-refractivity contribution in [3.05, 3.63) is 34.9 Å². The number of benzene rings is 1. The Morgan fingerprint density at radius 2 is 1.74 bits per heavy atom. The molecule has 1 aliphatic rings. The smallest absolute Gasteiger partial charge is 0.0409 e. The van der Waals surface area contributed by atoms with Gasteiger partial charge in [-0.2, -0.15) is 0 Å². The molecule has 2 heteroatoms. The van der Waals surface area contributed by atoms with Crippen LogP contribution in [0.4, 0.5) is 0 Å². The molecule has 1 fully saturated rings. The summed E-state index contributed by atoms with van der Waals surface area (Å²) in [7, 11) is 0. The number of nitrogens with two attached hydrogens (primary N) is 1. The standard InChI is InChI=1S/C17H26ClN/c1-16(2,3)13-5-4-11-17(19,12-10-13)14-6-8-15(18)9-7-14/h6-9,13H,4-5,10-12,19H2,1-3H3. The third kappa shape index (κ3) is 3.52. The highest BCUT2D eigenvalue weighted by atomic mass is 35.5. The molecule has 0 radical (unpaired) electrons. The second-order valence-electron chi connectivity index (χ2n) is 7.16. The maximum absolute atomic E-state index is 6.69. The minimum absolute atomic E-state index is 0.162. The molecule has 1 saturated carbocycles. The van der Waals surface area contributed by atoms with Gasteiger partial charge in [0.25, 0.3) is 0 Å². The lowest BCUT2D eigenvalue weighted by Gasteiger charge is -2.31. The molecule has 0 heterocycles. The van der Waals surface area contributed by atoms with Crippen LogP contribution >= 0.6 is 11.6 Å². The zero-order chi connectivity index (χ0) is 14.1. The maximum atomic E-state index is 6.69. The Morgan fingerprint density at radius 3 is 2.32 bits per heavy atom. The van der Waals surface area contributed by atoms with Crippen molar-refractivity contribution in [1.29, 1.82) is 0 Å². The van der Waals surface area contributed by atoms with Crippen molar-refractivity contribution in [3.8, 4) is 0 Å². The van der Waals surface area contributed by atoms with Gasteiger partial charge in [-0.1, -0.05) is 50.9 Å². The van der Waals surface area contributed by atoms with E-state index in [0.717, 1.165) is 23.8 Å². The van der Waals surface area contributed by atoms with Crippen LogP contribution in [-0.2, 0) is 5.54 Å². The van der Waals surface area contributed by atoms with E-state index in [1.54, 1.807) is 0 Å². The Kier molecular flexibility index (Phi) is 4.27. The average molecular weight is 280 g/mol. The van der Waals surface area contributed by atoms with E-state index in [4.69, 9.17) is 17.3 Å². The van der Waals surface area contributed by atoms with E-state index in [0.29, 0.717) is 5.41 Å². The fraction of sp³-hybridized carbons (Fsp3) is 0.647. The van der Waals surface area contributed by atoms with Crippen molar-refractivity contribution >= 4 is 11.6 Å². The van der Waals surface area contributed by atoms with Crippen LogP contribution in [0.25, 0.3) is 0 Å². The van der Waals surface area contributed by atoms with Gasteiger partial charge >= 0.3 is 0 Å². The van der Waals surface area contributed by atoms with Crippen LogP contribution < -0.4 is 5.73 Å².